The van der Waals surface area contributed by atoms with Crippen LogP contribution in [0.25, 0.3) is 0 Å². The minimum Gasteiger partial charge on any atom is -0.506 e. The number of phenols is 1. The van der Waals surface area contributed by atoms with Gasteiger partial charge < -0.3 is 10.2 Å². The van der Waals surface area contributed by atoms with E-state index in [0.717, 1.165) is 5.56 Å². The van der Waals surface area contributed by atoms with Gasteiger partial charge in [0.1, 0.15) is 5.75 Å². The highest BCUT2D eigenvalue weighted by atomic mass is 35.5. The molecule has 0 aliphatic carbocycles. The summed E-state index contributed by atoms with van der Waals surface area (Å²) in [5, 5.41) is 18.8. The SMILES string of the molecule is Cc1cc(O)c(Cl)c(C(C)O)c1. The van der Waals surface area contributed by atoms with Crippen LogP contribution < -0.4 is 0 Å². The normalized spacial score (nSPS) is 13.0. The Morgan fingerprint density at radius 3 is 2.50 bits per heavy atom. The van der Waals surface area contributed by atoms with E-state index < -0.39 is 6.10 Å². The molecule has 1 unspecified atom stereocenters. The Morgan fingerprint density at radius 1 is 1.42 bits per heavy atom. The van der Waals surface area contributed by atoms with Crippen LogP contribution in [0.2, 0.25) is 5.02 Å². The maximum Gasteiger partial charge on any atom is 0.134 e. The molecule has 1 aromatic rings. The molecule has 0 heterocycles. The molecule has 0 spiro atoms. The highest BCUT2D eigenvalue weighted by Gasteiger charge is 2.10. The van der Waals surface area contributed by atoms with Crippen molar-refractivity contribution in [1.29, 1.82) is 0 Å². The third kappa shape index (κ3) is 1.71. The summed E-state index contributed by atoms with van der Waals surface area (Å²) < 4.78 is 0. The molecule has 0 aromatic heterocycles. The van der Waals surface area contributed by atoms with Crippen LogP contribution in [0.3, 0.4) is 0 Å². The van der Waals surface area contributed by atoms with Gasteiger partial charge in [-0.05, 0) is 25.5 Å². The van der Waals surface area contributed by atoms with Gasteiger partial charge in [0.25, 0.3) is 0 Å². The quantitative estimate of drug-likeness (QED) is 0.707. The zero-order valence-electron chi connectivity index (χ0n) is 7.00. The predicted octanol–water partition coefficient (Wildman–Crippen LogP) is 2.41. The van der Waals surface area contributed by atoms with Crippen LogP contribution in [-0.4, -0.2) is 10.2 Å². The number of hydrogen-bond acceptors (Lipinski definition) is 2. The molecule has 0 radical (unpaired) electrons. The number of halogens is 1. The summed E-state index contributed by atoms with van der Waals surface area (Å²) in [4.78, 5) is 0. The minimum atomic E-state index is -0.650. The zero-order valence-corrected chi connectivity index (χ0v) is 7.76. The van der Waals surface area contributed by atoms with Crippen molar-refractivity contribution in [2.75, 3.05) is 0 Å². The molecule has 1 aromatic carbocycles. The van der Waals surface area contributed by atoms with E-state index in [9.17, 15) is 10.2 Å². The third-order valence-corrected chi connectivity index (χ3v) is 2.09. The topological polar surface area (TPSA) is 40.5 Å². The van der Waals surface area contributed by atoms with E-state index in [1.54, 1.807) is 19.1 Å². The molecule has 0 aliphatic rings. The van der Waals surface area contributed by atoms with Crippen molar-refractivity contribution in [3.63, 3.8) is 0 Å². The summed E-state index contributed by atoms with van der Waals surface area (Å²) in [6.07, 6.45) is -0.650. The highest BCUT2D eigenvalue weighted by Crippen LogP contribution is 2.32. The first kappa shape index (κ1) is 9.36. The second-order valence-electron chi connectivity index (χ2n) is 2.86. The van der Waals surface area contributed by atoms with E-state index in [1.165, 1.54) is 0 Å². The van der Waals surface area contributed by atoms with Crippen molar-refractivity contribution >= 4 is 11.6 Å². The highest BCUT2D eigenvalue weighted by molar-refractivity contribution is 6.32. The van der Waals surface area contributed by atoms with Crippen molar-refractivity contribution < 1.29 is 10.2 Å². The maximum absolute atomic E-state index is 9.29. The van der Waals surface area contributed by atoms with Crippen molar-refractivity contribution in [3.8, 4) is 5.75 Å². The van der Waals surface area contributed by atoms with Crippen molar-refractivity contribution in [2.45, 2.75) is 20.0 Å². The molecule has 0 aliphatic heterocycles. The lowest BCUT2D eigenvalue weighted by molar-refractivity contribution is 0.199. The monoisotopic (exact) mass is 186 g/mol. The average Bonchev–Trinajstić information content (AvgIpc) is 1.96. The van der Waals surface area contributed by atoms with Gasteiger partial charge in [-0.25, -0.2) is 0 Å². The van der Waals surface area contributed by atoms with Gasteiger partial charge in [0.2, 0.25) is 0 Å². The van der Waals surface area contributed by atoms with Gasteiger partial charge in [0, 0.05) is 5.56 Å². The van der Waals surface area contributed by atoms with Gasteiger partial charge in [-0.1, -0.05) is 17.7 Å². The largest absolute Gasteiger partial charge is 0.506 e. The Morgan fingerprint density at radius 2 is 2.00 bits per heavy atom. The van der Waals surface area contributed by atoms with E-state index in [1.807, 2.05) is 6.92 Å². The fourth-order valence-corrected chi connectivity index (χ4v) is 1.35. The van der Waals surface area contributed by atoms with Gasteiger partial charge in [-0.15, -0.1) is 0 Å². The van der Waals surface area contributed by atoms with Crippen LogP contribution in [0.5, 0.6) is 5.75 Å². The molecule has 0 bridgehead atoms. The number of benzene rings is 1. The molecule has 3 heteroatoms. The molecule has 0 saturated heterocycles. The van der Waals surface area contributed by atoms with E-state index in [4.69, 9.17) is 11.6 Å². The van der Waals surface area contributed by atoms with Gasteiger partial charge in [-0.3, -0.25) is 0 Å². The summed E-state index contributed by atoms with van der Waals surface area (Å²) in [6.45, 7) is 3.45. The first-order chi connectivity index (χ1) is 5.52. The lowest BCUT2D eigenvalue weighted by Gasteiger charge is -2.09. The zero-order chi connectivity index (χ0) is 9.30. The number of hydrogen-bond donors (Lipinski definition) is 2. The average molecular weight is 187 g/mol. The number of aliphatic hydroxyl groups is 1. The number of aromatic hydroxyl groups is 1. The van der Waals surface area contributed by atoms with E-state index in [2.05, 4.69) is 0 Å². The maximum atomic E-state index is 9.29. The summed E-state index contributed by atoms with van der Waals surface area (Å²) in [7, 11) is 0. The van der Waals surface area contributed by atoms with Crippen LogP contribution in [-0.2, 0) is 0 Å². The van der Waals surface area contributed by atoms with Gasteiger partial charge in [0.05, 0.1) is 11.1 Å². The molecular formula is C9H11ClO2. The standard InChI is InChI=1S/C9H11ClO2/c1-5-3-7(6(2)11)9(10)8(12)4-5/h3-4,6,11-12H,1-2H3. The first-order valence-corrected chi connectivity index (χ1v) is 4.07. The van der Waals surface area contributed by atoms with E-state index in [0.29, 0.717) is 5.56 Å². The van der Waals surface area contributed by atoms with Crippen LogP contribution in [0.1, 0.15) is 24.2 Å². The molecule has 0 fully saturated rings. The smallest absolute Gasteiger partial charge is 0.134 e. The molecular weight excluding hydrogens is 176 g/mol. The van der Waals surface area contributed by atoms with E-state index >= 15 is 0 Å². The second-order valence-corrected chi connectivity index (χ2v) is 3.24. The summed E-state index contributed by atoms with van der Waals surface area (Å²) in [5.74, 6) is 0.0209. The van der Waals surface area contributed by atoms with Gasteiger partial charge in [0.15, 0.2) is 0 Å². The molecule has 0 amide bonds. The lowest BCUT2D eigenvalue weighted by Crippen LogP contribution is -1.93. The van der Waals surface area contributed by atoms with Crippen LogP contribution in [0, 0.1) is 6.92 Å². The summed E-state index contributed by atoms with van der Waals surface area (Å²) in [6, 6.07) is 3.32. The third-order valence-electron chi connectivity index (χ3n) is 1.68. The number of phenolic OH excluding ortho intramolecular Hbond substituents is 1. The molecule has 2 nitrogen and oxygen atoms in total. The fourth-order valence-electron chi connectivity index (χ4n) is 1.08. The summed E-state index contributed by atoms with van der Waals surface area (Å²) >= 11 is 5.75. The molecule has 1 rings (SSSR count). The molecule has 1 atom stereocenters. The van der Waals surface area contributed by atoms with Crippen LogP contribution >= 0.6 is 11.6 Å². The van der Waals surface area contributed by atoms with Crippen molar-refractivity contribution in [2.24, 2.45) is 0 Å². The Bertz CT molecular complexity index is 295. The predicted molar refractivity (Wildman–Crippen MR) is 48.5 cm³/mol. The molecule has 12 heavy (non-hydrogen) atoms. The van der Waals surface area contributed by atoms with Crippen molar-refractivity contribution in [3.05, 3.63) is 28.3 Å². The molecule has 2 N–H and O–H groups in total. The number of aliphatic hydroxyl groups excluding tert-OH is 1. The van der Waals surface area contributed by atoms with Gasteiger partial charge >= 0.3 is 0 Å². The van der Waals surface area contributed by atoms with Gasteiger partial charge in [-0.2, -0.15) is 0 Å². The lowest BCUT2D eigenvalue weighted by atomic mass is 10.1. The minimum absolute atomic E-state index is 0.0209. The van der Waals surface area contributed by atoms with Crippen molar-refractivity contribution in [1.82, 2.24) is 0 Å². The van der Waals surface area contributed by atoms with E-state index in [-0.39, 0.29) is 10.8 Å². The Labute approximate surface area is 76.4 Å². The second kappa shape index (κ2) is 3.33. The van der Waals surface area contributed by atoms with Crippen LogP contribution in [0.4, 0.5) is 0 Å². The number of rotatable bonds is 1. The molecule has 0 saturated carbocycles. The number of aryl methyl sites for hydroxylation is 1. The fraction of sp³-hybridized carbons (Fsp3) is 0.333. The Kier molecular flexibility index (Phi) is 2.60. The Balaban J connectivity index is 3.28. The summed E-state index contributed by atoms with van der Waals surface area (Å²) in [5.41, 5.74) is 1.45. The van der Waals surface area contributed by atoms with Crippen LogP contribution in [0.15, 0.2) is 12.1 Å². The Hall–Kier alpha value is -0.730. The molecule has 66 valence electrons. The first-order valence-electron chi connectivity index (χ1n) is 3.69.